The quantitative estimate of drug-likeness (QED) is 0.278. The van der Waals surface area contributed by atoms with Crippen LogP contribution >= 0.6 is 0 Å². The largest absolute Gasteiger partial charge is 0.439 e. The summed E-state index contributed by atoms with van der Waals surface area (Å²) in [4.78, 5) is 11.2. The summed E-state index contributed by atoms with van der Waals surface area (Å²) in [5, 5.41) is 0. The Kier molecular flexibility index (Phi) is 2.57. The standard InChI is InChI=1S/C11H12O2/c1-4-11(7-5-6-8-11)13-10(12)9(2)3/h1,5,7H,2,6,8H2,3H3. The van der Waals surface area contributed by atoms with Gasteiger partial charge in [-0.1, -0.05) is 18.6 Å². The molecule has 1 rings (SSSR count). The zero-order chi connectivity index (χ0) is 9.90. The van der Waals surface area contributed by atoms with Gasteiger partial charge in [-0.2, -0.15) is 0 Å². The average Bonchev–Trinajstić information content (AvgIpc) is 2.54. The normalized spacial score (nSPS) is 25.2. The lowest BCUT2D eigenvalue weighted by atomic mass is 10.1. The van der Waals surface area contributed by atoms with E-state index in [2.05, 4.69) is 12.5 Å². The lowest BCUT2D eigenvalue weighted by Crippen LogP contribution is -2.29. The molecule has 0 N–H and O–H groups in total. The minimum atomic E-state index is -0.823. The van der Waals surface area contributed by atoms with Gasteiger partial charge in [0.25, 0.3) is 0 Å². The molecule has 0 saturated heterocycles. The highest BCUT2D eigenvalue weighted by Gasteiger charge is 2.31. The lowest BCUT2D eigenvalue weighted by Gasteiger charge is -2.21. The molecule has 68 valence electrons. The van der Waals surface area contributed by atoms with Gasteiger partial charge in [-0.25, -0.2) is 4.79 Å². The first-order chi connectivity index (χ1) is 6.09. The molecule has 0 radical (unpaired) electrons. The van der Waals surface area contributed by atoms with E-state index in [0.29, 0.717) is 12.0 Å². The SMILES string of the molecule is C#CC1(OC(=O)C(=C)C)C=CCC1. The van der Waals surface area contributed by atoms with Crippen molar-refractivity contribution in [3.63, 3.8) is 0 Å². The number of hydrogen-bond donors (Lipinski definition) is 0. The van der Waals surface area contributed by atoms with Gasteiger partial charge in [0, 0.05) is 12.0 Å². The number of ether oxygens (including phenoxy) is 1. The molecular formula is C11H12O2. The predicted molar refractivity (Wildman–Crippen MR) is 50.8 cm³/mol. The van der Waals surface area contributed by atoms with Gasteiger partial charge in [0.2, 0.25) is 0 Å². The summed E-state index contributed by atoms with van der Waals surface area (Å²) >= 11 is 0. The Balaban J connectivity index is 2.71. The number of allylic oxidation sites excluding steroid dienone is 1. The van der Waals surface area contributed by atoms with Gasteiger partial charge >= 0.3 is 5.97 Å². The number of carbonyl (C=O) groups excluding carboxylic acids is 1. The van der Waals surface area contributed by atoms with E-state index in [-0.39, 0.29) is 0 Å². The second-order valence-electron chi connectivity index (χ2n) is 3.14. The molecule has 0 aromatic heterocycles. The average molecular weight is 176 g/mol. The van der Waals surface area contributed by atoms with Crippen LogP contribution in [0.2, 0.25) is 0 Å². The Morgan fingerprint density at radius 2 is 2.46 bits per heavy atom. The molecule has 0 heterocycles. The number of hydrogen-bond acceptors (Lipinski definition) is 2. The van der Waals surface area contributed by atoms with E-state index in [4.69, 9.17) is 11.2 Å². The molecule has 2 heteroatoms. The highest BCUT2D eigenvalue weighted by atomic mass is 16.6. The van der Waals surface area contributed by atoms with E-state index >= 15 is 0 Å². The van der Waals surface area contributed by atoms with Crippen LogP contribution in [-0.2, 0) is 9.53 Å². The zero-order valence-electron chi connectivity index (χ0n) is 7.67. The highest BCUT2D eigenvalue weighted by Crippen LogP contribution is 2.26. The summed E-state index contributed by atoms with van der Waals surface area (Å²) < 4.78 is 5.15. The molecule has 0 aromatic rings. The van der Waals surface area contributed by atoms with Crippen LogP contribution in [0.25, 0.3) is 0 Å². The van der Waals surface area contributed by atoms with Crippen LogP contribution in [-0.4, -0.2) is 11.6 Å². The fraction of sp³-hybridized carbons (Fsp3) is 0.364. The van der Waals surface area contributed by atoms with E-state index in [1.807, 2.05) is 6.08 Å². The van der Waals surface area contributed by atoms with Crippen LogP contribution < -0.4 is 0 Å². The Morgan fingerprint density at radius 3 is 2.85 bits per heavy atom. The van der Waals surface area contributed by atoms with Gasteiger partial charge in [-0.15, -0.1) is 6.42 Å². The molecule has 13 heavy (non-hydrogen) atoms. The monoisotopic (exact) mass is 176 g/mol. The molecule has 0 aromatic carbocycles. The molecule has 0 aliphatic heterocycles. The van der Waals surface area contributed by atoms with Crippen molar-refractivity contribution in [2.24, 2.45) is 0 Å². The van der Waals surface area contributed by atoms with Gasteiger partial charge in [0.15, 0.2) is 5.60 Å². The summed E-state index contributed by atoms with van der Waals surface area (Å²) in [6.45, 7) is 5.10. The first-order valence-electron chi connectivity index (χ1n) is 4.14. The third-order valence-electron chi connectivity index (χ3n) is 1.94. The fourth-order valence-electron chi connectivity index (χ4n) is 1.14. The van der Waals surface area contributed by atoms with Crippen molar-refractivity contribution in [1.82, 2.24) is 0 Å². The topological polar surface area (TPSA) is 26.3 Å². The maximum Gasteiger partial charge on any atom is 0.334 e. The zero-order valence-corrected chi connectivity index (χ0v) is 7.67. The molecule has 1 aliphatic carbocycles. The summed E-state index contributed by atoms with van der Waals surface area (Å²) in [5.41, 5.74) is -0.453. The molecule has 1 atom stereocenters. The Bertz CT molecular complexity index is 307. The first kappa shape index (κ1) is 9.60. The summed E-state index contributed by atoms with van der Waals surface area (Å²) in [7, 11) is 0. The van der Waals surface area contributed by atoms with Crippen molar-refractivity contribution in [2.45, 2.75) is 25.4 Å². The molecule has 1 aliphatic rings. The maximum atomic E-state index is 11.2. The van der Waals surface area contributed by atoms with Crippen LogP contribution in [0.5, 0.6) is 0 Å². The van der Waals surface area contributed by atoms with Crippen LogP contribution in [0.15, 0.2) is 24.3 Å². The van der Waals surface area contributed by atoms with Crippen molar-refractivity contribution in [3.05, 3.63) is 24.3 Å². The molecular weight excluding hydrogens is 164 g/mol. The number of esters is 1. The molecule has 1 unspecified atom stereocenters. The molecule has 0 spiro atoms. The van der Waals surface area contributed by atoms with E-state index in [1.54, 1.807) is 13.0 Å². The van der Waals surface area contributed by atoms with Gasteiger partial charge in [0.1, 0.15) is 0 Å². The van der Waals surface area contributed by atoms with Gasteiger partial charge < -0.3 is 4.74 Å². The van der Waals surface area contributed by atoms with E-state index in [9.17, 15) is 4.79 Å². The summed E-state index contributed by atoms with van der Waals surface area (Å²) in [6.07, 6.45) is 10.5. The first-order valence-corrected chi connectivity index (χ1v) is 4.14. The number of rotatable bonds is 2. The van der Waals surface area contributed by atoms with Crippen LogP contribution in [0.4, 0.5) is 0 Å². The summed E-state index contributed by atoms with van der Waals surface area (Å²) in [6, 6.07) is 0. The van der Waals surface area contributed by atoms with E-state index in [0.717, 1.165) is 6.42 Å². The molecule has 0 saturated carbocycles. The molecule has 0 amide bonds. The van der Waals surface area contributed by atoms with Crippen molar-refractivity contribution in [1.29, 1.82) is 0 Å². The summed E-state index contributed by atoms with van der Waals surface area (Å²) in [5.74, 6) is 2.07. The van der Waals surface area contributed by atoms with Crippen molar-refractivity contribution < 1.29 is 9.53 Å². The van der Waals surface area contributed by atoms with E-state index in [1.165, 1.54) is 0 Å². The third-order valence-corrected chi connectivity index (χ3v) is 1.94. The predicted octanol–water partition coefficient (Wildman–Crippen LogP) is 1.83. The van der Waals surface area contributed by atoms with Crippen molar-refractivity contribution in [2.75, 3.05) is 0 Å². The maximum absolute atomic E-state index is 11.2. The van der Waals surface area contributed by atoms with Crippen LogP contribution in [0.1, 0.15) is 19.8 Å². The molecule has 0 fully saturated rings. The second-order valence-corrected chi connectivity index (χ2v) is 3.14. The number of terminal acetylenes is 1. The van der Waals surface area contributed by atoms with Crippen molar-refractivity contribution in [3.8, 4) is 12.3 Å². The smallest absolute Gasteiger partial charge is 0.334 e. The lowest BCUT2D eigenvalue weighted by molar-refractivity contribution is -0.146. The minimum Gasteiger partial charge on any atom is -0.439 e. The van der Waals surface area contributed by atoms with Gasteiger partial charge in [-0.3, -0.25) is 0 Å². The Hall–Kier alpha value is -1.49. The van der Waals surface area contributed by atoms with E-state index < -0.39 is 11.6 Å². The molecule has 0 bridgehead atoms. The number of carbonyl (C=O) groups is 1. The fourth-order valence-corrected chi connectivity index (χ4v) is 1.14. The minimum absolute atomic E-state index is 0.370. The highest BCUT2D eigenvalue weighted by molar-refractivity contribution is 5.87. The third kappa shape index (κ3) is 2.00. The van der Waals surface area contributed by atoms with Crippen LogP contribution in [0, 0.1) is 12.3 Å². The van der Waals surface area contributed by atoms with Crippen molar-refractivity contribution >= 4 is 5.97 Å². The second kappa shape index (κ2) is 3.49. The van der Waals surface area contributed by atoms with Gasteiger partial charge in [-0.05, 0) is 19.4 Å². The van der Waals surface area contributed by atoms with Crippen LogP contribution in [0.3, 0.4) is 0 Å². The molecule has 2 nitrogen and oxygen atoms in total. The Morgan fingerprint density at radius 1 is 1.77 bits per heavy atom. The Labute approximate surface area is 78.3 Å². The van der Waals surface area contributed by atoms with Gasteiger partial charge in [0.05, 0.1) is 0 Å².